The van der Waals surface area contributed by atoms with Crippen LogP contribution in [-0.4, -0.2) is 8.42 Å². The molecule has 0 heterocycles. The zero-order valence-corrected chi connectivity index (χ0v) is 14.7. The maximum atomic E-state index is 13.1. The average Bonchev–Trinajstić information content (AvgIpc) is 2.42. The Balaban J connectivity index is 2.02. The Kier molecular flexibility index (Phi) is 4.07. The first-order valence-corrected chi connectivity index (χ1v) is 9.50. The number of hydrogen-bond acceptors (Lipinski definition) is 2. The van der Waals surface area contributed by atoms with Crippen LogP contribution < -0.4 is 4.72 Å². The van der Waals surface area contributed by atoms with Gasteiger partial charge in [-0.2, -0.15) is 0 Å². The van der Waals surface area contributed by atoms with E-state index in [-0.39, 0.29) is 0 Å². The fourth-order valence-electron chi connectivity index (χ4n) is 3.64. The summed E-state index contributed by atoms with van der Waals surface area (Å²) in [5.41, 5.74) is 3.29. The summed E-state index contributed by atoms with van der Waals surface area (Å²) in [6.07, 6.45) is 2.74. The highest BCUT2D eigenvalue weighted by atomic mass is 32.2. The van der Waals surface area contributed by atoms with Gasteiger partial charge in [0.15, 0.2) is 0 Å². The van der Waals surface area contributed by atoms with E-state index < -0.39 is 15.6 Å². The molecule has 3 rings (SSSR count). The molecule has 0 aliphatic heterocycles. The number of sulfonamides is 1. The van der Waals surface area contributed by atoms with Crippen LogP contribution in [0.15, 0.2) is 47.4 Å². The maximum Gasteiger partial charge on any atom is 0.241 e. The quantitative estimate of drug-likeness (QED) is 0.922. The van der Waals surface area contributed by atoms with Crippen LogP contribution >= 0.6 is 0 Å². The molecule has 0 unspecified atom stereocenters. The fourth-order valence-corrected chi connectivity index (χ4v) is 5.54. The first-order valence-electron chi connectivity index (χ1n) is 8.01. The molecule has 2 aromatic carbocycles. The van der Waals surface area contributed by atoms with Gasteiger partial charge in [-0.25, -0.2) is 13.1 Å². The topological polar surface area (TPSA) is 46.2 Å². The Bertz CT molecular complexity index is 799. The third-order valence-electron chi connectivity index (χ3n) is 4.74. The Hall–Kier alpha value is -1.65. The smallest absolute Gasteiger partial charge is 0.207 e. The Morgan fingerprint density at radius 2 is 1.52 bits per heavy atom. The normalized spacial score (nSPS) is 16.8. The molecule has 3 nitrogen and oxygen atoms in total. The molecular formula is C19H23NO2S. The zero-order chi connectivity index (χ0) is 16.7. The second-order valence-corrected chi connectivity index (χ2v) is 8.25. The third-order valence-corrected chi connectivity index (χ3v) is 6.58. The standard InChI is InChI=1S/C19H23NO2S/c1-14-12-15(2)18(16(3)13-14)23(21,22)20-19(10-7-11-19)17-8-5-4-6-9-17/h4-6,8-9,12-13,20H,7,10-11H2,1-3H3. The first-order chi connectivity index (χ1) is 10.8. The van der Waals surface area contributed by atoms with Crippen molar-refractivity contribution in [1.82, 2.24) is 4.72 Å². The summed E-state index contributed by atoms with van der Waals surface area (Å²) in [6.45, 7) is 5.72. The van der Waals surface area contributed by atoms with E-state index in [0.717, 1.165) is 41.5 Å². The minimum atomic E-state index is -3.56. The highest BCUT2D eigenvalue weighted by molar-refractivity contribution is 7.89. The molecule has 1 N–H and O–H groups in total. The minimum Gasteiger partial charge on any atom is -0.207 e. The Morgan fingerprint density at radius 3 is 2.00 bits per heavy atom. The predicted octanol–water partition coefficient (Wildman–Crippen LogP) is 3.97. The van der Waals surface area contributed by atoms with Crippen LogP contribution in [-0.2, 0) is 15.6 Å². The van der Waals surface area contributed by atoms with Gasteiger partial charge in [-0.15, -0.1) is 0 Å². The van der Waals surface area contributed by atoms with Gasteiger partial charge in [0, 0.05) is 0 Å². The molecule has 0 saturated heterocycles. The molecule has 0 atom stereocenters. The molecule has 1 aliphatic rings. The van der Waals surface area contributed by atoms with Gasteiger partial charge in [0.1, 0.15) is 0 Å². The van der Waals surface area contributed by atoms with E-state index >= 15 is 0 Å². The number of nitrogens with one attached hydrogen (secondary N) is 1. The lowest BCUT2D eigenvalue weighted by molar-refractivity contribution is 0.224. The van der Waals surface area contributed by atoms with E-state index in [1.807, 2.05) is 63.2 Å². The van der Waals surface area contributed by atoms with Crippen LogP contribution in [0.25, 0.3) is 0 Å². The van der Waals surface area contributed by atoms with Crippen molar-refractivity contribution in [1.29, 1.82) is 0 Å². The lowest BCUT2D eigenvalue weighted by Gasteiger charge is -2.42. The predicted molar refractivity (Wildman–Crippen MR) is 92.9 cm³/mol. The molecule has 0 bridgehead atoms. The lowest BCUT2D eigenvalue weighted by atomic mass is 9.73. The van der Waals surface area contributed by atoms with Crippen molar-refractivity contribution < 1.29 is 8.42 Å². The second-order valence-electron chi connectivity index (χ2n) is 6.64. The molecule has 0 spiro atoms. The van der Waals surface area contributed by atoms with E-state index in [1.165, 1.54) is 0 Å². The molecule has 1 aliphatic carbocycles. The average molecular weight is 329 g/mol. The number of aryl methyl sites for hydroxylation is 3. The maximum absolute atomic E-state index is 13.1. The highest BCUT2D eigenvalue weighted by Gasteiger charge is 2.42. The van der Waals surface area contributed by atoms with Crippen LogP contribution in [0, 0.1) is 20.8 Å². The van der Waals surface area contributed by atoms with Gasteiger partial charge in [0.25, 0.3) is 0 Å². The molecular weight excluding hydrogens is 306 g/mol. The van der Waals surface area contributed by atoms with Crippen LogP contribution in [0.4, 0.5) is 0 Å². The van der Waals surface area contributed by atoms with Crippen molar-refractivity contribution >= 4 is 10.0 Å². The molecule has 4 heteroatoms. The van der Waals surface area contributed by atoms with Crippen molar-refractivity contribution in [3.63, 3.8) is 0 Å². The largest absolute Gasteiger partial charge is 0.241 e. The monoisotopic (exact) mass is 329 g/mol. The van der Waals surface area contributed by atoms with Crippen molar-refractivity contribution in [2.75, 3.05) is 0 Å². The van der Waals surface area contributed by atoms with E-state index in [0.29, 0.717) is 4.90 Å². The summed E-state index contributed by atoms with van der Waals surface area (Å²) in [4.78, 5) is 0.422. The van der Waals surface area contributed by atoms with Gasteiger partial charge in [0.05, 0.1) is 10.4 Å². The highest BCUT2D eigenvalue weighted by Crippen LogP contribution is 2.42. The van der Waals surface area contributed by atoms with Crippen molar-refractivity contribution in [3.05, 3.63) is 64.7 Å². The molecule has 2 aromatic rings. The Labute approximate surface area is 138 Å². The van der Waals surface area contributed by atoms with Crippen molar-refractivity contribution in [2.45, 2.75) is 50.5 Å². The molecule has 0 amide bonds. The van der Waals surface area contributed by atoms with E-state index in [2.05, 4.69) is 4.72 Å². The third kappa shape index (κ3) is 2.93. The summed E-state index contributed by atoms with van der Waals surface area (Å²) in [5.74, 6) is 0. The first kappa shape index (κ1) is 16.2. The molecule has 1 fully saturated rings. The van der Waals surface area contributed by atoms with Gasteiger partial charge < -0.3 is 0 Å². The van der Waals surface area contributed by atoms with E-state index in [9.17, 15) is 8.42 Å². The van der Waals surface area contributed by atoms with Gasteiger partial charge in [-0.1, -0.05) is 48.0 Å². The lowest BCUT2D eigenvalue weighted by Crippen LogP contribution is -2.50. The zero-order valence-electron chi connectivity index (χ0n) is 13.9. The van der Waals surface area contributed by atoms with Crippen LogP contribution in [0.2, 0.25) is 0 Å². The number of hydrogen-bond donors (Lipinski definition) is 1. The summed E-state index contributed by atoms with van der Waals surface area (Å²) >= 11 is 0. The molecule has 1 saturated carbocycles. The second kappa shape index (κ2) is 5.77. The molecule has 0 radical (unpaired) electrons. The summed E-state index contributed by atoms with van der Waals surface area (Å²) in [5, 5.41) is 0. The number of rotatable bonds is 4. The van der Waals surface area contributed by atoms with E-state index in [4.69, 9.17) is 0 Å². The summed E-state index contributed by atoms with van der Waals surface area (Å²) in [7, 11) is -3.56. The molecule has 23 heavy (non-hydrogen) atoms. The van der Waals surface area contributed by atoms with Crippen molar-refractivity contribution in [3.8, 4) is 0 Å². The van der Waals surface area contributed by atoms with E-state index in [1.54, 1.807) is 0 Å². The van der Waals surface area contributed by atoms with Crippen LogP contribution in [0.1, 0.15) is 41.5 Å². The summed E-state index contributed by atoms with van der Waals surface area (Å²) in [6, 6.07) is 13.8. The van der Waals surface area contributed by atoms with Gasteiger partial charge in [-0.05, 0) is 56.7 Å². The summed E-state index contributed by atoms with van der Waals surface area (Å²) < 4.78 is 29.1. The van der Waals surface area contributed by atoms with Gasteiger partial charge in [0.2, 0.25) is 10.0 Å². The molecule has 122 valence electrons. The minimum absolute atomic E-state index is 0.422. The van der Waals surface area contributed by atoms with Crippen molar-refractivity contribution in [2.24, 2.45) is 0 Å². The SMILES string of the molecule is Cc1cc(C)c(S(=O)(=O)NC2(c3ccccc3)CCC2)c(C)c1. The van der Waals surface area contributed by atoms with Crippen LogP contribution in [0.3, 0.4) is 0 Å². The van der Waals surface area contributed by atoms with Gasteiger partial charge >= 0.3 is 0 Å². The Morgan fingerprint density at radius 1 is 0.957 bits per heavy atom. The number of benzene rings is 2. The fraction of sp³-hybridized carbons (Fsp3) is 0.368. The van der Waals surface area contributed by atoms with Gasteiger partial charge in [-0.3, -0.25) is 0 Å². The van der Waals surface area contributed by atoms with Crippen LogP contribution in [0.5, 0.6) is 0 Å². The molecule has 0 aromatic heterocycles.